The molecule has 0 aliphatic rings. The van der Waals surface area contributed by atoms with Crippen LogP contribution in [0.4, 0.5) is 5.13 Å². The average Bonchev–Trinajstić information content (AvgIpc) is 3.20. The van der Waals surface area contributed by atoms with Gasteiger partial charge in [-0.25, -0.2) is 17.7 Å². The summed E-state index contributed by atoms with van der Waals surface area (Å²) in [6.07, 6.45) is 3.18. The van der Waals surface area contributed by atoms with Crippen LogP contribution in [0.5, 0.6) is 0 Å². The van der Waals surface area contributed by atoms with E-state index in [4.69, 9.17) is 0 Å². The van der Waals surface area contributed by atoms with Gasteiger partial charge >= 0.3 is 0 Å². The van der Waals surface area contributed by atoms with Crippen molar-refractivity contribution in [1.82, 2.24) is 9.29 Å². The molecule has 2 aromatic heterocycles. The van der Waals surface area contributed by atoms with Crippen LogP contribution in [0.25, 0.3) is 16.3 Å². The van der Waals surface area contributed by atoms with Gasteiger partial charge in [0.2, 0.25) is 15.9 Å². The van der Waals surface area contributed by atoms with E-state index >= 15 is 0 Å². The van der Waals surface area contributed by atoms with Crippen molar-refractivity contribution in [3.63, 3.8) is 0 Å². The molecule has 3 aromatic rings. The number of fused-ring (bicyclic) bond motifs is 1. The summed E-state index contributed by atoms with van der Waals surface area (Å²) in [4.78, 5) is 17.5. The lowest BCUT2D eigenvalue weighted by Crippen LogP contribution is -2.22. The normalized spacial score (nSPS) is 12.3. The van der Waals surface area contributed by atoms with Crippen molar-refractivity contribution < 1.29 is 13.2 Å². The van der Waals surface area contributed by atoms with Crippen molar-refractivity contribution in [2.24, 2.45) is 0 Å². The second kappa shape index (κ2) is 7.04. The zero-order valence-corrected chi connectivity index (χ0v) is 15.9. The number of rotatable bonds is 5. The van der Waals surface area contributed by atoms with Gasteiger partial charge in [0.15, 0.2) is 5.13 Å². The third-order valence-corrected chi connectivity index (χ3v) is 6.89. The lowest BCUT2D eigenvalue weighted by molar-refractivity contribution is -0.111. The number of sulfonamides is 1. The Morgan fingerprint density at radius 3 is 2.76 bits per heavy atom. The summed E-state index contributed by atoms with van der Waals surface area (Å²) >= 11 is 2.77. The van der Waals surface area contributed by atoms with Crippen LogP contribution in [0.15, 0.2) is 46.7 Å². The van der Waals surface area contributed by atoms with Crippen molar-refractivity contribution in [3.05, 3.63) is 46.7 Å². The highest BCUT2D eigenvalue weighted by molar-refractivity contribution is 7.89. The molecule has 1 aromatic carbocycles. The van der Waals surface area contributed by atoms with Crippen molar-refractivity contribution in [2.75, 3.05) is 19.4 Å². The highest BCUT2D eigenvalue weighted by atomic mass is 32.2. The van der Waals surface area contributed by atoms with E-state index in [2.05, 4.69) is 10.3 Å². The lowest BCUT2D eigenvalue weighted by Gasteiger charge is -2.10. The third kappa shape index (κ3) is 3.96. The van der Waals surface area contributed by atoms with Crippen LogP contribution in [-0.4, -0.2) is 37.7 Å². The fourth-order valence-corrected chi connectivity index (χ4v) is 4.55. The summed E-state index contributed by atoms with van der Waals surface area (Å²) in [5.41, 5.74) is 0.639. The van der Waals surface area contributed by atoms with Crippen molar-refractivity contribution in [2.45, 2.75) is 4.90 Å². The molecule has 6 nitrogen and oxygen atoms in total. The molecule has 3 rings (SSSR count). The first-order chi connectivity index (χ1) is 11.9. The Kier molecular flexibility index (Phi) is 5.00. The van der Waals surface area contributed by atoms with Gasteiger partial charge in [-0.15, -0.1) is 11.3 Å². The molecule has 1 N–H and O–H groups in total. The van der Waals surface area contributed by atoms with E-state index in [1.165, 1.54) is 37.6 Å². The van der Waals surface area contributed by atoms with E-state index < -0.39 is 10.0 Å². The highest BCUT2D eigenvalue weighted by Gasteiger charge is 2.18. The number of nitrogens with one attached hydrogen (secondary N) is 1. The van der Waals surface area contributed by atoms with Gasteiger partial charge in [0.1, 0.15) is 0 Å². The molecule has 0 saturated carbocycles. The van der Waals surface area contributed by atoms with E-state index in [1.54, 1.807) is 29.5 Å². The van der Waals surface area contributed by atoms with Crippen molar-refractivity contribution in [3.8, 4) is 0 Å². The number of thiophene rings is 1. The van der Waals surface area contributed by atoms with Gasteiger partial charge in [0, 0.05) is 25.0 Å². The number of hydrogen-bond acceptors (Lipinski definition) is 6. The third-order valence-electron chi connectivity index (χ3n) is 3.31. The molecule has 130 valence electrons. The number of hydrogen-bond donors (Lipinski definition) is 1. The standard InChI is InChI=1S/C16H15N3O3S3/c1-19(2)25(21,22)12-6-7-13-14(10-12)24-16(17-13)18-15(20)8-5-11-4-3-9-23-11/h3-10H,1-2H3,(H,17,18,20). The molecular weight excluding hydrogens is 378 g/mol. The molecule has 0 radical (unpaired) electrons. The van der Waals surface area contributed by atoms with Crippen LogP contribution in [0.2, 0.25) is 0 Å². The SMILES string of the molecule is CN(C)S(=O)(=O)c1ccc2nc(NC(=O)C=Cc3cccs3)sc2c1. The maximum Gasteiger partial charge on any atom is 0.250 e. The predicted octanol–water partition coefficient (Wildman–Crippen LogP) is 3.26. The predicted molar refractivity (Wildman–Crippen MR) is 102 cm³/mol. The number of aromatic nitrogens is 1. The Bertz CT molecular complexity index is 1040. The number of carbonyl (C=O) groups excluding carboxylic acids is 1. The first-order valence-corrected chi connectivity index (χ1v) is 10.4. The maximum absolute atomic E-state index is 12.2. The number of amides is 1. The summed E-state index contributed by atoms with van der Waals surface area (Å²) in [6.45, 7) is 0. The van der Waals surface area contributed by atoms with Gasteiger partial charge in [-0.3, -0.25) is 10.1 Å². The van der Waals surface area contributed by atoms with Gasteiger partial charge in [-0.1, -0.05) is 17.4 Å². The summed E-state index contributed by atoms with van der Waals surface area (Å²) in [7, 11) is -0.533. The minimum Gasteiger partial charge on any atom is -0.298 e. The molecule has 0 unspecified atom stereocenters. The molecule has 0 spiro atoms. The van der Waals surface area contributed by atoms with Crippen molar-refractivity contribution >= 4 is 60.0 Å². The van der Waals surface area contributed by atoms with Crippen LogP contribution >= 0.6 is 22.7 Å². The number of carbonyl (C=O) groups is 1. The molecule has 0 saturated heterocycles. The second-order valence-corrected chi connectivity index (χ2v) is 9.44. The minimum atomic E-state index is -3.50. The van der Waals surface area contributed by atoms with Crippen LogP contribution in [0.1, 0.15) is 4.88 Å². The Balaban J connectivity index is 1.81. The summed E-state index contributed by atoms with van der Waals surface area (Å²) in [6, 6.07) is 8.55. The Morgan fingerprint density at radius 1 is 1.28 bits per heavy atom. The van der Waals surface area contributed by atoms with Gasteiger partial charge < -0.3 is 0 Å². The smallest absolute Gasteiger partial charge is 0.250 e. The van der Waals surface area contributed by atoms with Gasteiger partial charge in [-0.2, -0.15) is 0 Å². The van der Waals surface area contributed by atoms with E-state index in [1.807, 2.05) is 17.5 Å². The molecule has 0 fully saturated rings. The molecule has 0 atom stereocenters. The Hall–Kier alpha value is -2.07. The Morgan fingerprint density at radius 2 is 2.08 bits per heavy atom. The van der Waals surface area contributed by atoms with Crippen LogP contribution in [0.3, 0.4) is 0 Å². The zero-order valence-electron chi connectivity index (χ0n) is 13.5. The van der Waals surface area contributed by atoms with Crippen LogP contribution in [0, 0.1) is 0 Å². The molecule has 0 aliphatic carbocycles. The number of thiazole rings is 1. The fraction of sp³-hybridized carbons (Fsp3) is 0.125. The van der Waals surface area contributed by atoms with E-state index in [0.29, 0.717) is 15.3 Å². The first-order valence-electron chi connectivity index (χ1n) is 7.22. The molecule has 2 heterocycles. The molecule has 9 heteroatoms. The monoisotopic (exact) mass is 393 g/mol. The largest absolute Gasteiger partial charge is 0.298 e. The Labute approximate surface area is 153 Å². The van der Waals surface area contributed by atoms with Crippen molar-refractivity contribution in [1.29, 1.82) is 0 Å². The van der Waals surface area contributed by atoms with Crippen LogP contribution < -0.4 is 5.32 Å². The maximum atomic E-state index is 12.2. The molecule has 0 aliphatic heterocycles. The molecular formula is C16H15N3O3S3. The highest BCUT2D eigenvalue weighted by Crippen LogP contribution is 2.28. The first kappa shape index (κ1) is 17.7. The van der Waals surface area contributed by atoms with Crippen LogP contribution in [-0.2, 0) is 14.8 Å². The number of nitrogens with zero attached hydrogens (tertiary/aromatic N) is 2. The van der Waals surface area contributed by atoms with Gasteiger partial charge in [-0.05, 0) is 35.7 Å². The van der Waals surface area contributed by atoms with E-state index in [-0.39, 0.29) is 10.8 Å². The summed E-state index contributed by atoms with van der Waals surface area (Å²) < 4.78 is 26.2. The minimum absolute atomic E-state index is 0.198. The molecule has 25 heavy (non-hydrogen) atoms. The zero-order chi connectivity index (χ0) is 18.0. The average molecular weight is 394 g/mol. The van der Waals surface area contributed by atoms with Gasteiger partial charge in [0.25, 0.3) is 0 Å². The van der Waals surface area contributed by atoms with E-state index in [0.717, 1.165) is 9.18 Å². The lowest BCUT2D eigenvalue weighted by atomic mass is 10.3. The fourth-order valence-electron chi connectivity index (χ4n) is 2.02. The summed E-state index contributed by atoms with van der Waals surface area (Å²) in [5, 5.41) is 5.06. The van der Waals surface area contributed by atoms with E-state index in [9.17, 15) is 13.2 Å². The summed E-state index contributed by atoms with van der Waals surface area (Å²) in [5.74, 6) is -0.284. The second-order valence-electron chi connectivity index (χ2n) is 5.27. The van der Waals surface area contributed by atoms with Gasteiger partial charge in [0.05, 0.1) is 15.1 Å². The molecule has 1 amide bonds. The topological polar surface area (TPSA) is 79.4 Å². The number of benzene rings is 1. The number of anilines is 1. The molecule has 0 bridgehead atoms. The quantitative estimate of drug-likeness (QED) is 0.675.